The highest BCUT2D eigenvalue weighted by molar-refractivity contribution is 9.10. The molecule has 1 unspecified atom stereocenters. The maximum Gasteiger partial charge on any atom is 0.181 e. The van der Waals surface area contributed by atoms with Crippen molar-refractivity contribution in [1.29, 1.82) is 5.26 Å². The second kappa shape index (κ2) is 4.15. The van der Waals surface area contributed by atoms with Crippen molar-refractivity contribution in [2.45, 2.75) is 13.0 Å². The molecular formula is C9H9BrN2O. The third-order valence-corrected chi connectivity index (χ3v) is 1.95. The summed E-state index contributed by atoms with van der Waals surface area (Å²) in [5.41, 5.74) is 6.18. The Morgan fingerprint density at radius 1 is 1.62 bits per heavy atom. The quantitative estimate of drug-likeness (QED) is 0.808. The molecule has 0 radical (unpaired) electrons. The Labute approximate surface area is 85.2 Å². The summed E-state index contributed by atoms with van der Waals surface area (Å²) in [4.78, 5) is 0. The Kier molecular flexibility index (Phi) is 3.15. The summed E-state index contributed by atoms with van der Waals surface area (Å²) in [5.74, 6) is 0.539. The SMILES string of the molecule is CC(C#N)Oc1ccc(Br)cc1N. The number of hydrogen-bond acceptors (Lipinski definition) is 3. The minimum absolute atomic E-state index is 0.483. The van der Waals surface area contributed by atoms with Crippen molar-refractivity contribution in [3.8, 4) is 11.8 Å². The number of rotatable bonds is 2. The highest BCUT2D eigenvalue weighted by atomic mass is 79.9. The van der Waals surface area contributed by atoms with Crippen LogP contribution in [0.15, 0.2) is 22.7 Å². The number of hydrogen-bond donors (Lipinski definition) is 1. The summed E-state index contributed by atoms with van der Waals surface area (Å²) in [6, 6.07) is 7.25. The van der Waals surface area contributed by atoms with Gasteiger partial charge in [-0.3, -0.25) is 0 Å². The average molecular weight is 241 g/mol. The molecule has 1 aromatic carbocycles. The molecule has 1 rings (SSSR count). The van der Waals surface area contributed by atoms with E-state index < -0.39 is 6.10 Å². The number of ether oxygens (including phenoxy) is 1. The lowest BCUT2D eigenvalue weighted by Crippen LogP contribution is -2.09. The molecule has 0 amide bonds. The van der Waals surface area contributed by atoms with Gasteiger partial charge in [0.05, 0.1) is 5.69 Å². The molecule has 4 heteroatoms. The molecule has 1 atom stereocenters. The van der Waals surface area contributed by atoms with Crippen LogP contribution >= 0.6 is 15.9 Å². The molecule has 0 aromatic heterocycles. The first-order chi connectivity index (χ1) is 6.13. The largest absolute Gasteiger partial charge is 0.474 e. The van der Waals surface area contributed by atoms with Crippen LogP contribution in [0.2, 0.25) is 0 Å². The monoisotopic (exact) mass is 240 g/mol. The Bertz CT molecular complexity index is 346. The van der Waals surface area contributed by atoms with Gasteiger partial charge in [-0.05, 0) is 25.1 Å². The van der Waals surface area contributed by atoms with Gasteiger partial charge in [0.15, 0.2) is 6.10 Å². The number of benzene rings is 1. The maximum absolute atomic E-state index is 8.52. The molecule has 0 aliphatic carbocycles. The van der Waals surface area contributed by atoms with E-state index in [-0.39, 0.29) is 0 Å². The summed E-state index contributed by atoms with van der Waals surface area (Å²) < 4.78 is 6.13. The number of nitrogen functional groups attached to an aromatic ring is 1. The molecule has 0 fully saturated rings. The van der Waals surface area contributed by atoms with Gasteiger partial charge in [0.1, 0.15) is 11.8 Å². The zero-order valence-electron chi connectivity index (χ0n) is 7.12. The van der Waals surface area contributed by atoms with Crippen molar-refractivity contribution in [3.63, 3.8) is 0 Å². The predicted octanol–water partition coefficient (Wildman–Crippen LogP) is 2.32. The van der Waals surface area contributed by atoms with Gasteiger partial charge in [-0.1, -0.05) is 15.9 Å². The minimum atomic E-state index is -0.483. The number of nitrogens with zero attached hydrogens (tertiary/aromatic N) is 1. The van der Waals surface area contributed by atoms with Crippen molar-refractivity contribution in [1.82, 2.24) is 0 Å². The Balaban J connectivity index is 2.85. The molecule has 0 aliphatic rings. The van der Waals surface area contributed by atoms with Crippen molar-refractivity contribution < 1.29 is 4.74 Å². The first-order valence-electron chi connectivity index (χ1n) is 3.75. The zero-order valence-corrected chi connectivity index (χ0v) is 8.71. The van der Waals surface area contributed by atoms with Crippen LogP contribution in [0.25, 0.3) is 0 Å². The number of anilines is 1. The Hall–Kier alpha value is -1.21. The fourth-order valence-electron chi connectivity index (χ4n) is 0.843. The summed E-state index contributed by atoms with van der Waals surface area (Å²) >= 11 is 3.28. The van der Waals surface area contributed by atoms with Gasteiger partial charge in [-0.25, -0.2) is 0 Å². The molecule has 0 spiro atoms. The molecule has 0 aliphatic heterocycles. The van der Waals surface area contributed by atoms with Gasteiger partial charge in [-0.15, -0.1) is 0 Å². The van der Waals surface area contributed by atoms with Crippen LogP contribution in [0.3, 0.4) is 0 Å². The van der Waals surface area contributed by atoms with Crippen LogP contribution in [0.5, 0.6) is 5.75 Å². The molecule has 3 nitrogen and oxygen atoms in total. The number of nitrogens with two attached hydrogens (primary N) is 1. The molecule has 68 valence electrons. The smallest absolute Gasteiger partial charge is 0.181 e. The lowest BCUT2D eigenvalue weighted by Gasteiger charge is -2.09. The van der Waals surface area contributed by atoms with Crippen molar-refractivity contribution in [2.24, 2.45) is 0 Å². The zero-order chi connectivity index (χ0) is 9.84. The third kappa shape index (κ3) is 2.63. The normalized spacial score (nSPS) is 11.8. The van der Waals surface area contributed by atoms with E-state index in [1.54, 1.807) is 19.1 Å². The van der Waals surface area contributed by atoms with Gasteiger partial charge in [0.25, 0.3) is 0 Å². The van der Waals surface area contributed by atoms with Gasteiger partial charge in [0, 0.05) is 4.47 Å². The first kappa shape index (κ1) is 9.87. The van der Waals surface area contributed by atoms with Crippen molar-refractivity contribution in [3.05, 3.63) is 22.7 Å². The van der Waals surface area contributed by atoms with Crippen LogP contribution in [0.1, 0.15) is 6.92 Å². The van der Waals surface area contributed by atoms with Gasteiger partial charge < -0.3 is 10.5 Å². The fraction of sp³-hybridized carbons (Fsp3) is 0.222. The van der Waals surface area contributed by atoms with Gasteiger partial charge >= 0.3 is 0 Å². The third-order valence-electron chi connectivity index (χ3n) is 1.46. The first-order valence-corrected chi connectivity index (χ1v) is 4.54. The van der Waals surface area contributed by atoms with E-state index in [4.69, 9.17) is 15.7 Å². The molecule has 0 saturated heterocycles. The minimum Gasteiger partial charge on any atom is -0.474 e. The second-order valence-electron chi connectivity index (χ2n) is 2.57. The van der Waals surface area contributed by atoms with Crippen molar-refractivity contribution >= 4 is 21.6 Å². The Morgan fingerprint density at radius 3 is 2.85 bits per heavy atom. The average Bonchev–Trinajstić information content (AvgIpc) is 2.09. The summed E-state index contributed by atoms with van der Waals surface area (Å²) in [6.45, 7) is 1.67. The molecule has 1 aromatic rings. The van der Waals surface area contributed by atoms with Gasteiger partial charge in [-0.2, -0.15) is 5.26 Å². The van der Waals surface area contributed by atoms with E-state index in [1.807, 2.05) is 12.1 Å². The lowest BCUT2D eigenvalue weighted by molar-refractivity contribution is 0.278. The summed E-state index contributed by atoms with van der Waals surface area (Å²) in [5, 5.41) is 8.52. The molecule has 13 heavy (non-hydrogen) atoms. The van der Waals surface area contributed by atoms with Crippen LogP contribution in [-0.4, -0.2) is 6.10 Å². The maximum atomic E-state index is 8.52. The van der Waals surface area contributed by atoms with Crippen LogP contribution in [0.4, 0.5) is 5.69 Å². The van der Waals surface area contributed by atoms with Crippen molar-refractivity contribution in [2.75, 3.05) is 5.73 Å². The highest BCUT2D eigenvalue weighted by Gasteiger charge is 2.04. The molecule has 0 saturated carbocycles. The van der Waals surface area contributed by atoms with E-state index in [9.17, 15) is 0 Å². The molecule has 2 N–H and O–H groups in total. The number of nitriles is 1. The van der Waals surface area contributed by atoms with E-state index in [0.717, 1.165) is 4.47 Å². The molecule has 0 heterocycles. The van der Waals surface area contributed by atoms with E-state index in [2.05, 4.69) is 15.9 Å². The second-order valence-corrected chi connectivity index (χ2v) is 3.49. The summed E-state index contributed by atoms with van der Waals surface area (Å²) in [6.07, 6.45) is -0.483. The van der Waals surface area contributed by atoms with Crippen LogP contribution in [-0.2, 0) is 0 Å². The standard InChI is InChI=1S/C9H9BrN2O/c1-6(5-11)13-9-3-2-7(10)4-8(9)12/h2-4,6H,12H2,1H3. The lowest BCUT2D eigenvalue weighted by atomic mass is 10.3. The Morgan fingerprint density at radius 2 is 2.31 bits per heavy atom. The van der Waals surface area contributed by atoms with Crippen LogP contribution < -0.4 is 10.5 Å². The topological polar surface area (TPSA) is 59.0 Å². The van der Waals surface area contributed by atoms with Gasteiger partial charge in [0.2, 0.25) is 0 Å². The van der Waals surface area contributed by atoms with E-state index in [0.29, 0.717) is 11.4 Å². The van der Waals surface area contributed by atoms with E-state index in [1.165, 1.54) is 0 Å². The van der Waals surface area contributed by atoms with Crippen LogP contribution in [0, 0.1) is 11.3 Å². The molecular weight excluding hydrogens is 232 g/mol. The number of halogens is 1. The highest BCUT2D eigenvalue weighted by Crippen LogP contribution is 2.25. The predicted molar refractivity (Wildman–Crippen MR) is 54.3 cm³/mol. The van der Waals surface area contributed by atoms with E-state index >= 15 is 0 Å². The fourth-order valence-corrected chi connectivity index (χ4v) is 1.22. The summed E-state index contributed by atoms with van der Waals surface area (Å²) in [7, 11) is 0. The molecule has 0 bridgehead atoms.